The number of benzene rings is 1. The van der Waals surface area contributed by atoms with E-state index in [0.717, 1.165) is 42.1 Å². The molecule has 2 aromatic rings. The van der Waals surface area contributed by atoms with Crippen molar-refractivity contribution in [1.82, 2.24) is 15.1 Å². The second-order valence-corrected chi connectivity index (χ2v) is 5.70. The normalized spacial score (nSPS) is 17.3. The van der Waals surface area contributed by atoms with Crippen molar-refractivity contribution in [2.75, 3.05) is 20.8 Å². The minimum atomic E-state index is -0.0540. The summed E-state index contributed by atoms with van der Waals surface area (Å²) >= 11 is 0. The molecule has 0 unspecified atom stereocenters. The Labute approximate surface area is 135 Å². The molecule has 1 amide bonds. The lowest BCUT2D eigenvalue weighted by Gasteiger charge is -2.26. The molecule has 0 spiro atoms. The van der Waals surface area contributed by atoms with E-state index >= 15 is 0 Å². The Morgan fingerprint density at radius 1 is 1.30 bits per heavy atom. The number of likely N-dealkylation sites (tertiary alicyclic amines) is 1. The number of H-pyrrole nitrogens is 1. The highest BCUT2D eigenvalue weighted by atomic mass is 16.5. The van der Waals surface area contributed by atoms with Gasteiger partial charge in [-0.25, -0.2) is 0 Å². The molecule has 1 fully saturated rings. The van der Waals surface area contributed by atoms with Gasteiger partial charge in [-0.15, -0.1) is 0 Å². The summed E-state index contributed by atoms with van der Waals surface area (Å²) in [7, 11) is 3.28. The first kappa shape index (κ1) is 15.4. The number of rotatable bonds is 4. The third kappa shape index (κ3) is 2.88. The van der Waals surface area contributed by atoms with Crippen LogP contribution in [0.5, 0.6) is 11.5 Å². The van der Waals surface area contributed by atoms with Crippen molar-refractivity contribution < 1.29 is 14.3 Å². The van der Waals surface area contributed by atoms with Gasteiger partial charge in [0.05, 0.1) is 20.3 Å². The molecule has 23 heavy (non-hydrogen) atoms. The molecule has 0 aliphatic carbocycles. The molecule has 2 heterocycles. The third-order valence-corrected chi connectivity index (χ3v) is 4.23. The number of aromatic nitrogens is 2. The number of hydrogen-bond acceptors (Lipinski definition) is 4. The van der Waals surface area contributed by atoms with Gasteiger partial charge in [0.25, 0.3) is 5.91 Å². The number of hydrogen-bond donors (Lipinski definition) is 1. The van der Waals surface area contributed by atoms with Gasteiger partial charge in [0.2, 0.25) is 0 Å². The first-order valence-corrected chi connectivity index (χ1v) is 7.69. The lowest BCUT2D eigenvalue weighted by Crippen LogP contribution is -2.31. The SMILES string of the molecule is COc1ccc(OC)c([C@H]2CCCN2C(=O)c2cc(C)[nH]n2)c1. The van der Waals surface area contributed by atoms with Gasteiger partial charge in [-0.1, -0.05) is 0 Å². The Morgan fingerprint density at radius 2 is 2.13 bits per heavy atom. The zero-order valence-electron chi connectivity index (χ0n) is 13.6. The minimum absolute atomic E-state index is 0.0236. The predicted molar refractivity (Wildman–Crippen MR) is 85.9 cm³/mol. The molecule has 0 radical (unpaired) electrons. The Bertz CT molecular complexity index is 711. The van der Waals surface area contributed by atoms with Crippen LogP contribution in [0, 0.1) is 6.92 Å². The molecule has 1 aromatic heterocycles. The number of carbonyl (C=O) groups excluding carboxylic acids is 1. The molecule has 1 atom stereocenters. The fraction of sp³-hybridized carbons (Fsp3) is 0.412. The molecular weight excluding hydrogens is 294 g/mol. The predicted octanol–water partition coefficient (Wildman–Crippen LogP) is 2.71. The van der Waals surface area contributed by atoms with Crippen LogP contribution in [0.3, 0.4) is 0 Å². The topological polar surface area (TPSA) is 67.5 Å². The van der Waals surface area contributed by atoms with Crippen molar-refractivity contribution in [1.29, 1.82) is 0 Å². The Balaban J connectivity index is 1.94. The molecule has 0 bridgehead atoms. The number of nitrogens with zero attached hydrogens (tertiary/aromatic N) is 2. The quantitative estimate of drug-likeness (QED) is 0.942. The highest BCUT2D eigenvalue weighted by Crippen LogP contribution is 2.39. The zero-order valence-corrected chi connectivity index (χ0v) is 13.6. The number of aryl methyl sites for hydroxylation is 1. The van der Waals surface area contributed by atoms with E-state index in [2.05, 4.69) is 10.2 Å². The third-order valence-electron chi connectivity index (χ3n) is 4.23. The zero-order chi connectivity index (χ0) is 16.4. The minimum Gasteiger partial charge on any atom is -0.497 e. The number of amides is 1. The van der Waals surface area contributed by atoms with E-state index in [-0.39, 0.29) is 11.9 Å². The van der Waals surface area contributed by atoms with Gasteiger partial charge in [-0.05, 0) is 44.0 Å². The van der Waals surface area contributed by atoms with Crippen LogP contribution in [0.15, 0.2) is 24.3 Å². The molecule has 3 rings (SSSR count). The number of nitrogens with one attached hydrogen (secondary N) is 1. The van der Waals surface area contributed by atoms with Gasteiger partial charge in [-0.3, -0.25) is 9.89 Å². The van der Waals surface area contributed by atoms with Crippen molar-refractivity contribution in [2.45, 2.75) is 25.8 Å². The van der Waals surface area contributed by atoms with E-state index in [0.29, 0.717) is 5.69 Å². The maximum Gasteiger partial charge on any atom is 0.274 e. The molecule has 1 aliphatic rings. The fourth-order valence-electron chi connectivity index (χ4n) is 3.11. The summed E-state index contributed by atoms with van der Waals surface area (Å²) < 4.78 is 10.8. The van der Waals surface area contributed by atoms with Crippen LogP contribution in [-0.4, -0.2) is 41.8 Å². The van der Waals surface area contributed by atoms with E-state index in [1.807, 2.05) is 30.0 Å². The smallest absolute Gasteiger partial charge is 0.274 e. The van der Waals surface area contributed by atoms with Crippen LogP contribution in [-0.2, 0) is 0 Å². The van der Waals surface area contributed by atoms with E-state index in [1.54, 1.807) is 20.3 Å². The molecule has 1 saturated heterocycles. The Hall–Kier alpha value is -2.50. The number of carbonyl (C=O) groups is 1. The average Bonchev–Trinajstić information content (AvgIpc) is 3.22. The molecule has 6 nitrogen and oxygen atoms in total. The molecule has 1 aliphatic heterocycles. The largest absolute Gasteiger partial charge is 0.497 e. The lowest BCUT2D eigenvalue weighted by molar-refractivity contribution is 0.0728. The Morgan fingerprint density at radius 3 is 2.78 bits per heavy atom. The van der Waals surface area contributed by atoms with Crippen LogP contribution in [0.25, 0.3) is 0 Å². The van der Waals surface area contributed by atoms with E-state index < -0.39 is 0 Å². The molecule has 6 heteroatoms. The van der Waals surface area contributed by atoms with Crippen molar-refractivity contribution in [3.63, 3.8) is 0 Å². The van der Waals surface area contributed by atoms with Gasteiger partial charge in [-0.2, -0.15) is 5.10 Å². The Kier molecular flexibility index (Phi) is 4.23. The lowest BCUT2D eigenvalue weighted by atomic mass is 10.0. The van der Waals surface area contributed by atoms with E-state index in [4.69, 9.17) is 9.47 Å². The molecule has 1 aromatic carbocycles. The second kappa shape index (κ2) is 6.32. The van der Waals surface area contributed by atoms with Gasteiger partial charge in [0.15, 0.2) is 0 Å². The van der Waals surface area contributed by atoms with Gasteiger partial charge in [0.1, 0.15) is 17.2 Å². The number of methoxy groups -OCH3 is 2. The summed E-state index contributed by atoms with van der Waals surface area (Å²) in [6, 6.07) is 7.45. The second-order valence-electron chi connectivity index (χ2n) is 5.70. The number of aromatic amines is 1. The first-order valence-electron chi connectivity index (χ1n) is 7.69. The molecule has 122 valence electrons. The van der Waals surface area contributed by atoms with Crippen LogP contribution in [0.4, 0.5) is 0 Å². The van der Waals surface area contributed by atoms with Gasteiger partial charge < -0.3 is 14.4 Å². The van der Waals surface area contributed by atoms with E-state index in [1.165, 1.54) is 0 Å². The maximum absolute atomic E-state index is 12.8. The maximum atomic E-state index is 12.8. The highest BCUT2D eigenvalue weighted by molar-refractivity contribution is 5.93. The standard InChI is InChI=1S/C17H21N3O3/c1-11-9-14(19-18-11)17(21)20-8-4-5-15(20)13-10-12(22-2)6-7-16(13)23-3/h6-7,9-10,15H,4-5,8H2,1-3H3,(H,18,19)/t15-/m1/s1. The van der Waals surface area contributed by atoms with Gasteiger partial charge >= 0.3 is 0 Å². The summed E-state index contributed by atoms with van der Waals surface area (Å²) in [6.45, 7) is 2.60. The van der Waals surface area contributed by atoms with Gasteiger partial charge in [0, 0.05) is 17.8 Å². The molecule has 1 N–H and O–H groups in total. The summed E-state index contributed by atoms with van der Waals surface area (Å²) in [6.07, 6.45) is 1.86. The van der Waals surface area contributed by atoms with E-state index in [9.17, 15) is 4.79 Å². The fourth-order valence-corrected chi connectivity index (χ4v) is 3.11. The van der Waals surface area contributed by atoms with Crippen molar-refractivity contribution in [3.8, 4) is 11.5 Å². The summed E-state index contributed by atoms with van der Waals surface area (Å²) in [5.41, 5.74) is 2.31. The molecule has 0 saturated carbocycles. The van der Waals surface area contributed by atoms with Crippen LogP contribution >= 0.6 is 0 Å². The first-order chi connectivity index (χ1) is 11.1. The average molecular weight is 315 g/mol. The highest BCUT2D eigenvalue weighted by Gasteiger charge is 2.33. The van der Waals surface area contributed by atoms with Crippen molar-refractivity contribution >= 4 is 5.91 Å². The number of ether oxygens (including phenoxy) is 2. The van der Waals surface area contributed by atoms with Crippen LogP contribution < -0.4 is 9.47 Å². The summed E-state index contributed by atoms with van der Waals surface area (Å²) in [5, 5.41) is 6.92. The van der Waals surface area contributed by atoms with Crippen LogP contribution in [0.1, 0.15) is 40.6 Å². The monoisotopic (exact) mass is 315 g/mol. The summed E-state index contributed by atoms with van der Waals surface area (Å²) in [5.74, 6) is 1.48. The van der Waals surface area contributed by atoms with Crippen molar-refractivity contribution in [2.24, 2.45) is 0 Å². The summed E-state index contributed by atoms with van der Waals surface area (Å²) in [4.78, 5) is 14.6. The molecular formula is C17H21N3O3. The van der Waals surface area contributed by atoms with Crippen LogP contribution in [0.2, 0.25) is 0 Å². The van der Waals surface area contributed by atoms with Crippen molar-refractivity contribution in [3.05, 3.63) is 41.2 Å².